The van der Waals surface area contributed by atoms with Gasteiger partial charge < -0.3 is 14.8 Å². The maximum absolute atomic E-state index is 12.2. The number of fused-ring (bicyclic) bond motifs is 1. The van der Waals surface area contributed by atoms with Crippen molar-refractivity contribution in [2.24, 2.45) is 0 Å². The molecule has 0 radical (unpaired) electrons. The Bertz CT molecular complexity index is 894. The van der Waals surface area contributed by atoms with E-state index in [4.69, 9.17) is 9.47 Å². The zero-order valence-corrected chi connectivity index (χ0v) is 15.1. The van der Waals surface area contributed by atoms with Crippen LogP contribution in [-0.4, -0.2) is 34.1 Å². The minimum Gasteiger partial charge on any atom is -0.486 e. The van der Waals surface area contributed by atoms with Gasteiger partial charge in [0, 0.05) is 24.7 Å². The average molecular weight is 376 g/mol. The highest BCUT2D eigenvalue weighted by atomic mass is 32.2. The van der Waals surface area contributed by atoms with Gasteiger partial charge >= 0.3 is 0 Å². The molecular formula is C18H20N2O5S. The van der Waals surface area contributed by atoms with Crippen LogP contribution in [0.2, 0.25) is 0 Å². The van der Waals surface area contributed by atoms with Gasteiger partial charge in [0.1, 0.15) is 13.2 Å². The molecule has 2 N–H and O–H groups in total. The van der Waals surface area contributed by atoms with E-state index in [9.17, 15) is 13.2 Å². The van der Waals surface area contributed by atoms with Crippen molar-refractivity contribution < 1.29 is 22.7 Å². The highest BCUT2D eigenvalue weighted by molar-refractivity contribution is 7.89. The number of sulfonamides is 1. The summed E-state index contributed by atoms with van der Waals surface area (Å²) >= 11 is 0. The largest absolute Gasteiger partial charge is 0.486 e. The molecule has 0 atom stereocenters. The Morgan fingerprint density at radius 2 is 1.73 bits per heavy atom. The highest BCUT2D eigenvalue weighted by Crippen LogP contribution is 2.32. The van der Waals surface area contributed by atoms with Gasteiger partial charge in [-0.1, -0.05) is 17.7 Å². The molecule has 0 spiro atoms. The van der Waals surface area contributed by atoms with Gasteiger partial charge in [-0.05, 0) is 31.2 Å². The van der Waals surface area contributed by atoms with Gasteiger partial charge in [0.25, 0.3) is 0 Å². The van der Waals surface area contributed by atoms with Crippen molar-refractivity contribution in [2.45, 2.75) is 18.2 Å². The minimum absolute atomic E-state index is 0.00654. The first-order valence-corrected chi connectivity index (χ1v) is 9.68. The van der Waals surface area contributed by atoms with E-state index in [1.165, 1.54) is 12.1 Å². The van der Waals surface area contributed by atoms with Crippen LogP contribution in [0.25, 0.3) is 0 Å². The van der Waals surface area contributed by atoms with Gasteiger partial charge in [0.05, 0.1) is 4.90 Å². The highest BCUT2D eigenvalue weighted by Gasteiger charge is 2.15. The summed E-state index contributed by atoms with van der Waals surface area (Å²) < 4.78 is 37.7. The number of aryl methyl sites for hydroxylation is 1. The summed E-state index contributed by atoms with van der Waals surface area (Å²) in [6.45, 7) is 2.85. The van der Waals surface area contributed by atoms with E-state index >= 15 is 0 Å². The number of hydrogen-bond acceptors (Lipinski definition) is 5. The summed E-state index contributed by atoms with van der Waals surface area (Å²) in [7, 11) is -3.62. The molecular weight excluding hydrogens is 356 g/mol. The van der Waals surface area contributed by atoms with Crippen molar-refractivity contribution in [2.75, 3.05) is 25.1 Å². The van der Waals surface area contributed by atoms with E-state index in [0.717, 1.165) is 5.56 Å². The third kappa shape index (κ3) is 4.53. The lowest BCUT2D eigenvalue weighted by atomic mass is 10.2. The molecule has 1 amide bonds. The van der Waals surface area contributed by atoms with Gasteiger partial charge in [0.15, 0.2) is 11.5 Å². The number of hydrogen-bond donors (Lipinski definition) is 2. The fourth-order valence-corrected chi connectivity index (χ4v) is 3.48. The van der Waals surface area contributed by atoms with Crippen molar-refractivity contribution in [3.05, 3.63) is 48.0 Å². The van der Waals surface area contributed by atoms with Gasteiger partial charge in [-0.3, -0.25) is 4.79 Å². The summed E-state index contributed by atoms with van der Waals surface area (Å²) in [4.78, 5) is 12.2. The van der Waals surface area contributed by atoms with Crippen LogP contribution in [0.5, 0.6) is 11.5 Å². The van der Waals surface area contributed by atoms with Gasteiger partial charge in [0.2, 0.25) is 15.9 Å². The Kier molecular flexibility index (Phi) is 5.43. The van der Waals surface area contributed by atoms with Crippen molar-refractivity contribution >= 4 is 21.6 Å². The number of ether oxygens (including phenoxy) is 2. The van der Waals surface area contributed by atoms with Crippen molar-refractivity contribution in [1.29, 1.82) is 0 Å². The maximum Gasteiger partial charge on any atom is 0.240 e. The topological polar surface area (TPSA) is 93.7 Å². The van der Waals surface area contributed by atoms with Crippen LogP contribution in [-0.2, 0) is 14.8 Å². The SMILES string of the molecule is Cc1ccc(S(=O)(=O)NCCC(=O)Nc2ccc3c(c2)OCCO3)cc1. The molecule has 0 fully saturated rings. The summed E-state index contributed by atoms with van der Waals surface area (Å²) in [6.07, 6.45) is 0.0134. The van der Waals surface area contributed by atoms with E-state index in [2.05, 4.69) is 10.0 Å². The van der Waals surface area contributed by atoms with Crippen molar-refractivity contribution in [1.82, 2.24) is 4.72 Å². The van der Waals surface area contributed by atoms with E-state index in [1.807, 2.05) is 6.92 Å². The molecule has 0 unspecified atom stereocenters. The minimum atomic E-state index is -3.62. The summed E-state index contributed by atoms with van der Waals surface area (Å²) in [6, 6.07) is 11.6. The zero-order valence-electron chi connectivity index (χ0n) is 14.3. The zero-order chi connectivity index (χ0) is 18.6. The Balaban J connectivity index is 1.52. The lowest BCUT2D eigenvalue weighted by Gasteiger charge is -2.19. The van der Waals surface area contributed by atoms with Crippen molar-refractivity contribution in [3.8, 4) is 11.5 Å². The second kappa shape index (κ2) is 7.76. The molecule has 1 heterocycles. The number of nitrogens with one attached hydrogen (secondary N) is 2. The third-order valence-electron chi connectivity index (χ3n) is 3.80. The van der Waals surface area contributed by atoms with Crippen molar-refractivity contribution in [3.63, 3.8) is 0 Å². The fraction of sp³-hybridized carbons (Fsp3) is 0.278. The molecule has 1 aliphatic rings. The lowest BCUT2D eigenvalue weighted by molar-refractivity contribution is -0.116. The fourth-order valence-electron chi connectivity index (χ4n) is 2.44. The second-order valence-corrected chi connectivity index (χ2v) is 7.63. The van der Waals surface area contributed by atoms with Gasteiger partial charge in [-0.25, -0.2) is 13.1 Å². The lowest BCUT2D eigenvalue weighted by Crippen LogP contribution is -2.27. The van der Waals surface area contributed by atoms with E-state index < -0.39 is 10.0 Å². The monoisotopic (exact) mass is 376 g/mol. The smallest absolute Gasteiger partial charge is 0.240 e. The molecule has 2 aromatic carbocycles. The van der Waals surface area contributed by atoms with Gasteiger partial charge in [-0.2, -0.15) is 0 Å². The molecule has 0 aromatic heterocycles. The Labute approximate surface area is 152 Å². The summed E-state index contributed by atoms with van der Waals surface area (Å²) in [5.74, 6) is 0.919. The van der Waals surface area contributed by atoms with Crippen LogP contribution in [0, 0.1) is 6.92 Å². The predicted molar refractivity (Wildman–Crippen MR) is 97.0 cm³/mol. The molecule has 0 bridgehead atoms. The van der Waals surface area contributed by atoms with Gasteiger partial charge in [-0.15, -0.1) is 0 Å². The number of amides is 1. The number of rotatable bonds is 6. The third-order valence-corrected chi connectivity index (χ3v) is 5.28. The Hall–Kier alpha value is -2.58. The van der Waals surface area contributed by atoms with Crippen LogP contribution < -0.4 is 19.5 Å². The van der Waals surface area contributed by atoms with E-state index in [-0.39, 0.29) is 23.8 Å². The molecule has 7 nitrogen and oxygen atoms in total. The number of anilines is 1. The standard InChI is InChI=1S/C18H20N2O5S/c1-13-2-5-15(6-3-13)26(22,23)19-9-8-18(21)20-14-4-7-16-17(12-14)25-11-10-24-16/h2-7,12,19H,8-11H2,1H3,(H,20,21). The Morgan fingerprint density at radius 1 is 1.04 bits per heavy atom. The molecule has 138 valence electrons. The first kappa shape index (κ1) is 18.2. The first-order valence-electron chi connectivity index (χ1n) is 8.20. The molecule has 0 aliphatic carbocycles. The first-order chi connectivity index (χ1) is 12.4. The summed E-state index contributed by atoms with van der Waals surface area (Å²) in [5, 5.41) is 2.72. The second-order valence-electron chi connectivity index (χ2n) is 5.87. The van der Waals surface area contributed by atoms with Crippen LogP contribution >= 0.6 is 0 Å². The molecule has 8 heteroatoms. The molecule has 26 heavy (non-hydrogen) atoms. The molecule has 1 aliphatic heterocycles. The number of benzene rings is 2. The Morgan fingerprint density at radius 3 is 2.46 bits per heavy atom. The van der Waals surface area contributed by atoms with Crippen LogP contribution in [0.4, 0.5) is 5.69 Å². The number of carbonyl (C=O) groups is 1. The van der Waals surface area contributed by atoms with Crippen LogP contribution in [0.1, 0.15) is 12.0 Å². The number of carbonyl (C=O) groups excluding carboxylic acids is 1. The molecule has 0 saturated carbocycles. The van der Waals surface area contributed by atoms with E-state index in [0.29, 0.717) is 30.4 Å². The molecule has 0 saturated heterocycles. The van der Waals surface area contributed by atoms with Crippen LogP contribution in [0.15, 0.2) is 47.4 Å². The molecule has 2 aromatic rings. The average Bonchev–Trinajstić information content (AvgIpc) is 2.62. The quantitative estimate of drug-likeness (QED) is 0.805. The van der Waals surface area contributed by atoms with E-state index in [1.54, 1.807) is 30.3 Å². The predicted octanol–water partition coefficient (Wildman–Crippen LogP) is 2.07. The summed E-state index contributed by atoms with van der Waals surface area (Å²) in [5.41, 5.74) is 1.54. The normalized spacial score (nSPS) is 13.3. The van der Waals surface area contributed by atoms with Crippen LogP contribution in [0.3, 0.4) is 0 Å². The molecule has 3 rings (SSSR count). The maximum atomic E-state index is 12.2.